The van der Waals surface area contributed by atoms with Crippen molar-refractivity contribution >= 4 is 34.3 Å². The van der Waals surface area contributed by atoms with E-state index in [1.54, 1.807) is 6.20 Å². The minimum absolute atomic E-state index is 0.629. The highest BCUT2D eigenvalue weighted by molar-refractivity contribution is 7.98. The number of fused-ring (bicyclic) bond motifs is 1. The summed E-state index contributed by atoms with van der Waals surface area (Å²) in [7, 11) is 0. The van der Waals surface area contributed by atoms with E-state index in [9.17, 15) is 0 Å². The number of thioether (sulfide) groups is 1. The van der Waals surface area contributed by atoms with E-state index in [0.29, 0.717) is 22.0 Å². The van der Waals surface area contributed by atoms with Crippen LogP contribution >= 0.6 is 11.8 Å². The molecule has 0 bridgehead atoms. The highest BCUT2D eigenvalue weighted by Gasteiger charge is 2.08. The lowest BCUT2D eigenvalue weighted by Crippen LogP contribution is -1.99. The van der Waals surface area contributed by atoms with Crippen molar-refractivity contribution in [1.82, 2.24) is 19.9 Å². The van der Waals surface area contributed by atoms with Crippen LogP contribution in [0.2, 0.25) is 0 Å². The van der Waals surface area contributed by atoms with Gasteiger partial charge in [-0.25, -0.2) is 19.9 Å². The first-order valence-corrected chi connectivity index (χ1v) is 9.16. The van der Waals surface area contributed by atoms with Crippen molar-refractivity contribution in [2.45, 2.75) is 5.16 Å². The number of nitrogens with zero attached hydrogens (tertiary/aromatic N) is 4. The van der Waals surface area contributed by atoms with Crippen molar-refractivity contribution in [2.24, 2.45) is 0 Å². The Morgan fingerprint density at radius 1 is 0.923 bits per heavy atom. The Balaban J connectivity index is 1.63. The van der Waals surface area contributed by atoms with E-state index < -0.39 is 0 Å². The van der Waals surface area contributed by atoms with Crippen LogP contribution in [0, 0.1) is 0 Å². The van der Waals surface area contributed by atoms with Gasteiger partial charge in [-0.3, -0.25) is 0 Å². The van der Waals surface area contributed by atoms with E-state index in [2.05, 4.69) is 25.3 Å². The highest BCUT2D eigenvalue weighted by Crippen LogP contribution is 2.27. The van der Waals surface area contributed by atoms with Crippen LogP contribution in [-0.4, -0.2) is 26.2 Å². The van der Waals surface area contributed by atoms with Crippen LogP contribution < -0.4 is 10.1 Å². The lowest BCUT2D eigenvalue weighted by atomic mass is 10.3. The summed E-state index contributed by atoms with van der Waals surface area (Å²) < 4.78 is 5.88. The SMILES string of the molecule is CSc1ncc2ncnc(Nc3cccc(Oc4ccccc4)c3)c2n1. The molecule has 128 valence electrons. The van der Waals surface area contributed by atoms with Crippen LogP contribution in [0.1, 0.15) is 0 Å². The monoisotopic (exact) mass is 361 g/mol. The molecule has 0 amide bonds. The van der Waals surface area contributed by atoms with Crippen molar-refractivity contribution in [2.75, 3.05) is 11.6 Å². The quantitative estimate of drug-likeness (QED) is 0.409. The summed E-state index contributed by atoms with van der Waals surface area (Å²) in [6, 6.07) is 17.4. The smallest absolute Gasteiger partial charge is 0.188 e. The number of hydrogen-bond acceptors (Lipinski definition) is 7. The van der Waals surface area contributed by atoms with Gasteiger partial charge in [-0.15, -0.1) is 0 Å². The van der Waals surface area contributed by atoms with E-state index in [4.69, 9.17) is 4.74 Å². The van der Waals surface area contributed by atoms with Crippen molar-refractivity contribution in [3.05, 3.63) is 67.1 Å². The lowest BCUT2D eigenvalue weighted by Gasteiger charge is -2.10. The highest BCUT2D eigenvalue weighted by atomic mass is 32.2. The van der Waals surface area contributed by atoms with Crippen molar-refractivity contribution in [1.29, 1.82) is 0 Å². The van der Waals surface area contributed by atoms with Gasteiger partial charge in [-0.2, -0.15) is 0 Å². The van der Waals surface area contributed by atoms with Gasteiger partial charge in [0.15, 0.2) is 11.0 Å². The molecule has 2 aromatic carbocycles. The normalized spacial score (nSPS) is 10.7. The summed E-state index contributed by atoms with van der Waals surface area (Å²) >= 11 is 1.48. The molecule has 0 aliphatic carbocycles. The van der Waals surface area contributed by atoms with Crippen molar-refractivity contribution < 1.29 is 4.74 Å². The van der Waals surface area contributed by atoms with Crippen LogP contribution in [0.15, 0.2) is 72.3 Å². The Morgan fingerprint density at radius 2 is 1.77 bits per heavy atom. The predicted octanol–water partition coefficient (Wildman–Crippen LogP) is 4.68. The summed E-state index contributed by atoms with van der Waals surface area (Å²) in [5.41, 5.74) is 2.22. The Bertz CT molecular complexity index is 1040. The summed E-state index contributed by atoms with van der Waals surface area (Å²) in [4.78, 5) is 17.3. The molecule has 0 unspecified atom stereocenters. The van der Waals surface area contributed by atoms with E-state index in [1.165, 1.54) is 18.1 Å². The molecule has 1 N–H and O–H groups in total. The van der Waals surface area contributed by atoms with Crippen molar-refractivity contribution in [3.63, 3.8) is 0 Å². The lowest BCUT2D eigenvalue weighted by molar-refractivity contribution is 0.483. The van der Waals surface area contributed by atoms with Crippen LogP contribution in [-0.2, 0) is 0 Å². The maximum atomic E-state index is 5.88. The van der Waals surface area contributed by atoms with Gasteiger partial charge in [0.05, 0.1) is 6.20 Å². The van der Waals surface area contributed by atoms with Crippen LogP contribution in [0.3, 0.4) is 0 Å². The largest absolute Gasteiger partial charge is 0.457 e. The molecule has 2 heterocycles. The third kappa shape index (κ3) is 3.57. The number of ether oxygens (including phenoxy) is 1. The maximum Gasteiger partial charge on any atom is 0.188 e. The minimum Gasteiger partial charge on any atom is -0.457 e. The molecule has 0 aliphatic heterocycles. The van der Waals surface area contributed by atoms with Crippen molar-refractivity contribution in [3.8, 4) is 11.5 Å². The Morgan fingerprint density at radius 3 is 2.62 bits per heavy atom. The average molecular weight is 361 g/mol. The Hall–Kier alpha value is -3.19. The number of anilines is 2. The molecule has 0 saturated carbocycles. The second-order valence-corrected chi connectivity index (χ2v) is 6.15. The number of hydrogen-bond donors (Lipinski definition) is 1. The second-order valence-electron chi connectivity index (χ2n) is 5.38. The summed E-state index contributed by atoms with van der Waals surface area (Å²) in [5, 5.41) is 3.97. The molecule has 0 saturated heterocycles. The fraction of sp³-hybridized carbons (Fsp3) is 0.0526. The number of aromatic nitrogens is 4. The van der Waals surface area contributed by atoms with Gasteiger partial charge in [0.2, 0.25) is 0 Å². The zero-order valence-corrected chi connectivity index (χ0v) is 14.8. The molecule has 26 heavy (non-hydrogen) atoms. The summed E-state index contributed by atoms with van der Waals surface area (Å²) in [6.07, 6.45) is 5.13. The number of rotatable bonds is 5. The van der Waals surface area contributed by atoms with Gasteiger partial charge in [0.25, 0.3) is 0 Å². The maximum absolute atomic E-state index is 5.88. The molecule has 0 fully saturated rings. The van der Waals surface area contributed by atoms with E-state index in [-0.39, 0.29) is 0 Å². The van der Waals surface area contributed by atoms with E-state index in [0.717, 1.165) is 17.2 Å². The van der Waals surface area contributed by atoms with Gasteiger partial charge < -0.3 is 10.1 Å². The second kappa shape index (κ2) is 7.37. The third-order valence-corrected chi connectivity index (χ3v) is 4.18. The zero-order valence-electron chi connectivity index (χ0n) is 14.0. The number of nitrogens with one attached hydrogen (secondary N) is 1. The molecule has 4 rings (SSSR count). The predicted molar refractivity (Wildman–Crippen MR) is 103 cm³/mol. The molecule has 0 spiro atoms. The van der Waals surface area contributed by atoms with Gasteiger partial charge >= 0.3 is 0 Å². The molecule has 0 radical (unpaired) electrons. The molecule has 0 aliphatic rings. The minimum atomic E-state index is 0.629. The molecule has 4 aromatic rings. The van der Waals surface area contributed by atoms with E-state index in [1.807, 2.05) is 60.9 Å². The Kier molecular flexibility index (Phi) is 4.61. The number of para-hydroxylation sites is 1. The first-order chi connectivity index (χ1) is 12.8. The fourth-order valence-corrected chi connectivity index (χ4v) is 2.77. The fourth-order valence-electron chi connectivity index (χ4n) is 2.43. The van der Waals surface area contributed by atoms with Gasteiger partial charge in [-0.1, -0.05) is 36.0 Å². The molecule has 0 atom stereocenters. The van der Waals surface area contributed by atoms with Crippen LogP contribution in [0.4, 0.5) is 11.5 Å². The standard InChI is InChI=1S/C19H15N5OS/c1-26-19-20-11-16-17(24-19)18(22-12-21-16)23-13-6-5-9-15(10-13)25-14-7-3-2-4-8-14/h2-12H,1H3,(H,21,22,23). The van der Waals surface area contributed by atoms with Gasteiger partial charge in [0.1, 0.15) is 28.9 Å². The average Bonchev–Trinajstić information content (AvgIpc) is 2.69. The topological polar surface area (TPSA) is 72.8 Å². The van der Waals surface area contributed by atoms with Crippen LogP contribution in [0.5, 0.6) is 11.5 Å². The number of benzene rings is 2. The van der Waals surface area contributed by atoms with Gasteiger partial charge in [-0.05, 0) is 30.5 Å². The zero-order chi connectivity index (χ0) is 17.8. The molecular weight excluding hydrogens is 346 g/mol. The summed E-state index contributed by atoms with van der Waals surface area (Å²) in [5.74, 6) is 2.15. The van der Waals surface area contributed by atoms with Crippen LogP contribution in [0.25, 0.3) is 11.0 Å². The molecule has 2 aromatic heterocycles. The molecule has 7 heteroatoms. The Labute approximate surface area is 154 Å². The first kappa shape index (κ1) is 16.3. The van der Waals surface area contributed by atoms with Gasteiger partial charge in [0, 0.05) is 11.8 Å². The van der Waals surface area contributed by atoms with E-state index >= 15 is 0 Å². The first-order valence-electron chi connectivity index (χ1n) is 7.93. The third-order valence-electron chi connectivity index (χ3n) is 3.61. The molecular formula is C19H15N5OS. The molecule has 6 nitrogen and oxygen atoms in total. The summed E-state index contributed by atoms with van der Waals surface area (Å²) in [6.45, 7) is 0.